The number of ether oxygens (including phenoxy) is 1. The Kier molecular flexibility index (Phi) is 9.92. The van der Waals surface area contributed by atoms with E-state index in [1.807, 2.05) is 20.8 Å². The lowest BCUT2D eigenvalue weighted by Gasteiger charge is -2.33. The lowest BCUT2D eigenvalue weighted by Crippen LogP contribution is -2.54. The highest BCUT2D eigenvalue weighted by molar-refractivity contribution is 7.92. The number of halogens is 3. The normalized spacial score (nSPS) is 12.6. The Morgan fingerprint density at radius 1 is 1.03 bits per heavy atom. The van der Waals surface area contributed by atoms with Gasteiger partial charge in [-0.25, -0.2) is 8.42 Å². The predicted octanol–water partition coefficient (Wildman–Crippen LogP) is 4.75. The van der Waals surface area contributed by atoms with Crippen LogP contribution in [0.15, 0.2) is 36.4 Å². The number of anilines is 1. The molecule has 0 fully saturated rings. The summed E-state index contributed by atoms with van der Waals surface area (Å²) in [5, 5.41) is 3.67. The van der Waals surface area contributed by atoms with Gasteiger partial charge in [0, 0.05) is 12.1 Å². The smallest absolute Gasteiger partial charge is 0.244 e. The summed E-state index contributed by atoms with van der Waals surface area (Å²) in [5.74, 6) is -0.641. The van der Waals surface area contributed by atoms with Crippen LogP contribution in [0.25, 0.3) is 0 Å². The number of hydrogen-bond donors (Lipinski definition) is 1. The number of carbonyl (C=O) groups is 2. The molecule has 8 nitrogen and oxygen atoms in total. The van der Waals surface area contributed by atoms with E-state index < -0.39 is 40.0 Å². The first-order valence-corrected chi connectivity index (χ1v) is 13.9. The van der Waals surface area contributed by atoms with Crippen molar-refractivity contribution in [3.05, 3.63) is 57.0 Å². The van der Waals surface area contributed by atoms with E-state index in [1.165, 1.54) is 30.2 Å². The Hall–Kier alpha value is -2.20. The van der Waals surface area contributed by atoms with Crippen molar-refractivity contribution in [1.82, 2.24) is 10.2 Å². The van der Waals surface area contributed by atoms with Gasteiger partial charge < -0.3 is 15.0 Å². The molecular formula is C24H30Cl3N3O5S. The maximum absolute atomic E-state index is 13.6. The zero-order valence-corrected chi connectivity index (χ0v) is 24.0. The monoisotopic (exact) mass is 577 g/mol. The maximum atomic E-state index is 13.6. The third-order valence-electron chi connectivity index (χ3n) is 5.10. The summed E-state index contributed by atoms with van der Waals surface area (Å²) in [6.07, 6.45) is 0.984. The SMILES string of the molecule is COc1ccc(N(CC(=O)N(Cc2ccc(Cl)c(Cl)c2)[C@@H](C)C(=O)NC(C)(C)C)S(C)(=O)=O)cc1Cl. The fraction of sp³-hybridized carbons (Fsp3) is 0.417. The van der Waals surface area contributed by atoms with Crippen LogP contribution >= 0.6 is 34.8 Å². The van der Waals surface area contributed by atoms with E-state index in [-0.39, 0.29) is 17.3 Å². The zero-order valence-electron chi connectivity index (χ0n) is 20.9. The summed E-state index contributed by atoms with van der Waals surface area (Å²) < 4.78 is 31.4. The molecule has 1 N–H and O–H groups in total. The van der Waals surface area contributed by atoms with Gasteiger partial charge >= 0.3 is 0 Å². The molecule has 2 amide bonds. The number of nitrogens with one attached hydrogen (secondary N) is 1. The number of rotatable bonds is 9. The van der Waals surface area contributed by atoms with E-state index in [4.69, 9.17) is 39.5 Å². The standard InChI is InChI=1S/C24H30Cl3N3O5S/c1-15(23(32)28-24(2,3)4)29(13-16-7-9-18(25)19(26)11-16)22(31)14-30(36(6,33)34)17-8-10-21(35-5)20(27)12-17/h7-12,15H,13-14H2,1-6H3,(H,28,32)/t15-/m0/s1. The molecule has 2 rings (SSSR count). The molecule has 0 radical (unpaired) electrons. The second-order valence-electron chi connectivity index (χ2n) is 9.27. The Morgan fingerprint density at radius 3 is 2.17 bits per heavy atom. The minimum absolute atomic E-state index is 0.00454. The first-order valence-electron chi connectivity index (χ1n) is 10.9. The fourth-order valence-corrected chi connectivity index (χ4v) is 4.73. The van der Waals surface area contributed by atoms with Gasteiger partial charge in [-0.3, -0.25) is 13.9 Å². The molecule has 36 heavy (non-hydrogen) atoms. The topological polar surface area (TPSA) is 96.0 Å². The summed E-state index contributed by atoms with van der Waals surface area (Å²) in [6, 6.07) is 8.33. The van der Waals surface area contributed by atoms with E-state index in [0.717, 1.165) is 10.6 Å². The van der Waals surface area contributed by atoms with E-state index in [1.54, 1.807) is 25.1 Å². The average molecular weight is 579 g/mol. The summed E-state index contributed by atoms with van der Waals surface area (Å²) in [5.41, 5.74) is 0.256. The molecule has 1 atom stereocenters. The molecule has 0 unspecified atom stereocenters. The van der Waals surface area contributed by atoms with Crippen molar-refractivity contribution in [1.29, 1.82) is 0 Å². The molecule has 2 aromatic rings. The second kappa shape index (κ2) is 11.9. The quantitative estimate of drug-likeness (QED) is 0.463. The highest BCUT2D eigenvalue weighted by atomic mass is 35.5. The van der Waals surface area contributed by atoms with E-state index in [0.29, 0.717) is 21.4 Å². The molecule has 0 saturated carbocycles. The second-order valence-corrected chi connectivity index (χ2v) is 12.4. The van der Waals surface area contributed by atoms with Crippen LogP contribution in [0.1, 0.15) is 33.3 Å². The fourth-order valence-electron chi connectivity index (χ4n) is 3.32. The first-order chi connectivity index (χ1) is 16.5. The van der Waals surface area contributed by atoms with Gasteiger partial charge in [0.05, 0.1) is 34.1 Å². The van der Waals surface area contributed by atoms with E-state index in [2.05, 4.69) is 5.32 Å². The van der Waals surface area contributed by atoms with Gasteiger partial charge in [-0.1, -0.05) is 40.9 Å². The van der Waals surface area contributed by atoms with E-state index >= 15 is 0 Å². The molecular weight excluding hydrogens is 549 g/mol. The third kappa shape index (κ3) is 8.16. The summed E-state index contributed by atoms with van der Waals surface area (Å²) >= 11 is 18.4. The number of benzene rings is 2. The average Bonchev–Trinajstić information content (AvgIpc) is 2.75. The Morgan fingerprint density at radius 2 is 1.67 bits per heavy atom. The van der Waals surface area contributed by atoms with Gasteiger partial charge in [0.2, 0.25) is 21.8 Å². The molecule has 0 saturated heterocycles. The van der Waals surface area contributed by atoms with Crippen LogP contribution in [0.4, 0.5) is 5.69 Å². The predicted molar refractivity (Wildman–Crippen MR) is 145 cm³/mol. The zero-order chi connectivity index (χ0) is 27.4. The van der Waals surface area contributed by atoms with Gasteiger partial charge in [0.15, 0.2) is 0 Å². The van der Waals surface area contributed by atoms with Crippen molar-refractivity contribution >= 4 is 62.3 Å². The first kappa shape index (κ1) is 30.0. The molecule has 0 aliphatic heterocycles. The molecule has 12 heteroatoms. The Bertz CT molecular complexity index is 1230. The number of hydrogen-bond acceptors (Lipinski definition) is 5. The van der Waals surface area contributed by atoms with Crippen LogP contribution < -0.4 is 14.4 Å². The number of sulfonamides is 1. The highest BCUT2D eigenvalue weighted by Crippen LogP contribution is 2.30. The third-order valence-corrected chi connectivity index (χ3v) is 7.28. The maximum Gasteiger partial charge on any atom is 0.244 e. The van der Waals surface area contributed by atoms with Gasteiger partial charge in [0.25, 0.3) is 0 Å². The summed E-state index contributed by atoms with van der Waals surface area (Å²) in [6.45, 7) is 6.47. The van der Waals surface area contributed by atoms with Gasteiger partial charge in [0.1, 0.15) is 18.3 Å². The molecule has 0 aromatic heterocycles. The van der Waals surface area contributed by atoms with Gasteiger partial charge in [-0.2, -0.15) is 0 Å². The molecule has 198 valence electrons. The lowest BCUT2D eigenvalue weighted by molar-refractivity contribution is -0.140. The van der Waals surface area contributed by atoms with Crippen molar-refractivity contribution in [2.24, 2.45) is 0 Å². The molecule has 0 spiro atoms. The minimum atomic E-state index is -3.90. The Labute approximate surface area is 227 Å². The molecule has 0 aliphatic carbocycles. The number of carbonyl (C=O) groups excluding carboxylic acids is 2. The van der Waals surface area contributed by atoms with Crippen LogP contribution in [0.3, 0.4) is 0 Å². The van der Waals surface area contributed by atoms with Crippen molar-refractivity contribution in [3.63, 3.8) is 0 Å². The van der Waals surface area contributed by atoms with Crippen LogP contribution in [0.5, 0.6) is 5.75 Å². The lowest BCUT2D eigenvalue weighted by atomic mass is 10.1. The van der Waals surface area contributed by atoms with Gasteiger partial charge in [-0.05, 0) is 63.6 Å². The van der Waals surface area contributed by atoms with Crippen molar-refractivity contribution in [2.75, 3.05) is 24.2 Å². The van der Waals surface area contributed by atoms with Crippen molar-refractivity contribution in [2.45, 2.75) is 45.8 Å². The van der Waals surface area contributed by atoms with Gasteiger partial charge in [-0.15, -0.1) is 0 Å². The number of methoxy groups -OCH3 is 1. The van der Waals surface area contributed by atoms with E-state index in [9.17, 15) is 18.0 Å². The van der Waals surface area contributed by atoms with Crippen LogP contribution in [-0.4, -0.2) is 56.6 Å². The highest BCUT2D eigenvalue weighted by Gasteiger charge is 2.31. The van der Waals surface area contributed by atoms with Crippen molar-refractivity contribution < 1.29 is 22.7 Å². The van der Waals surface area contributed by atoms with Crippen LogP contribution in [-0.2, 0) is 26.2 Å². The minimum Gasteiger partial charge on any atom is -0.495 e. The summed E-state index contributed by atoms with van der Waals surface area (Å²) in [7, 11) is -2.46. The number of nitrogens with zero attached hydrogens (tertiary/aromatic N) is 2. The summed E-state index contributed by atoms with van der Waals surface area (Å²) in [4.78, 5) is 27.8. The van der Waals surface area contributed by atoms with Crippen LogP contribution in [0, 0.1) is 0 Å². The molecule has 0 heterocycles. The largest absolute Gasteiger partial charge is 0.495 e. The Balaban J connectivity index is 2.46. The molecule has 0 aliphatic rings. The number of amides is 2. The molecule has 0 bridgehead atoms. The van der Waals surface area contributed by atoms with Crippen LogP contribution in [0.2, 0.25) is 15.1 Å². The molecule has 2 aromatic carbocycles. The van der Waals surface area contributed by atoms with Crippen molar-refractivity contribution in [3.8, 4) is 5.75 Å².